The van der Waals surface area contributed by atoms with E-state index in [-0.39, 0.29) is 11.6 Å². The Hall–Kier alpha value is -3.21. The second-order valence-corrected chi connectivity index (χ2v) is 6.76. The summed E-state index contributed by atoms with van der Waals surface area (Å²) in [5.74, 6) is 0.694. The van der Waals surface area contributed by atoms with Gasteiger partial charge in [0.2, 0.25) is 0 Å². The molecule has 0 saturated carbocycles. The van der Waals surface area contributed by atoms with Crippen LogP contribution in [0.5, 0.6) is 0 Å². The maximum Gasteiger partial charge on any atom is 0.275 e. The summed E-state index contributed by atoms with van der Waals surface area (Å²) >= 11 is 0. The van der Waals surface area contributed by atoms with Gasteiger partial charge in [-0.1, -0.05) is 56.3 Å². The average Bonchev–Trinajstić information content (AvgIpc) is 2.68. The van der Waals surface area contributed by atoms with Gasteiger partial charge < -0.3 is 10.6 Å². The van der Waals surface area contributed by atoms with Gasteiger partial charge in [0.05, 0.1) is 12.4 Å². The first-order valence-electron chi connectivity index (χ1n) is 9.05. The minimum atomic E-state index is -0.263. The molecule has 0 atom stereocenters. The van der Waals surface area contributed by atoms with Crippen LogP contribution in [0.1, 0.15) is 46.9 Å². The van der Waals surface area contributed by atoms with E-state index in [1.165, 1.54) is 17.3 Å². The van der Waals surface area contributed by atoms with Crippen LogP contribution in [-0.4, -0.2) is 15.9 Å². The van der Waals surface area contributed by atoms with Crippen molar-refractivity contribution in [3.05, 3.63) is 83.3 Å². The van der Waals surface area contributed by atoms with Crippen LogP contribution >= 0.6 is 0 Å². The SMILES string of the molecule is Cc1ccccc1CNc1cnc(C(=O)Nc2ccccc2C(C)C)cn1. The number of benzene rings is 2. The van der Waals surface area contributed by atoms with Crippen LogP contribution in [0.3, 0.4) is 0 Å². The average molecular weight is 360 g/mol. The summed E-state index contributed by atoms with van der Waals surface area (Å²) in [7, 11) is 0. The Labute approximate surface area is 159 Å². The highest BCUT2D eigenvalue weighted by atomic mass is 16.1. The number of hydrogen-bond donors (Lipinski definition) is 2. The maximum absolute atomic E-state index is 12.5. The molecule has 0 unspecified atom stereocenters. The van der Waals surface area contributed by atoms with Crippen molar-refractivity contribution in [2.45, 2.75) is 33.2 Å². The first-order chi connectivity index (χ1) is 13.0. The molecule has 0 aliphatic heterocycles. The molecule has 1 heterocycles. The third-order valence-electron chi connectivity index (χ3n) is 4.44. The van der Waals surface area contributed by atoms with Gasteiger partial charge in [-0.15, -0.1) is 0 Å². The van der Waals surface area contributed by atoms with E-state index in [0.29, 0.717) is 18.3 Å². The zero-order chi connectivity index (χ0) is 19.2. The number of para-hydroxylation sites is 1. The number of anilines is 2. The summed E-state index contributed by atoms with van der Waals surface area (Å²) < 4.78 is 0. The van der Waals surface area contributed by atoms with Crippen LogP contribution < -0.4 is 10.6 Å². The lowest BCUT2D eigenvalue weighted by atomic mass is 10.0. The number of nitrogens with zero attached hydrogens (tertiary/aromatic N) is 2. The lowest BCUT2D eigenvalue weighted by molar-refractivity contribution is 0.102. The van der Waals surface area contributed by atoms with Gasteiger partial charge in [-0.25, -0.2) is 9.97 Å². The lowest BCUT2D eigenvalue weighted by Gasteiger charge is -2.13. The summed E-state index contributed by atoms with van der Waals surface area (Å²) in [5, 5.41) is 6.17. The van der Waals surface area contributed by atoms with Crippen LogP contribution in [-0.2, 0) is 6.54 Å². The Balaban J connectivity index is 1.65. The molecule has 1 amide bonds. The van der Waals surface area contributed by atoms with E-state index in [0.717, 1.165) is 11.3 Å². The van der Waals surface area contributed by atoms with Gasteiger partial charge in [0.15, 0.2) is 0 Å². The quantitative estimate of drug-likeness (QED) is 0.664. The van der Waals surface area contributed by atoms with Gasteiger partial charge in [0.25, 0.3) is 5.91 Å². The zero-order valence-electron chi connectivity index (χ0n) is 15.9. The van der Waals surface area contributed by atoms with E-state index in [2.05, 4.69) is 53.5 Å². The minimum absolute atomic E-state index is 0.263. The van der Waals surface area contributed by atoms with Crippen LogP contribution in [0.2, 0.25) is 0 Å². The van der Waals surface area contributed by atoms with Gasteiger partial charge in [0, 0.05) is 12.2 Å². The molecule has 3 rings (SSSR count). The van der Waals surface area contributed by atoms with Gasteiger partial charge in [-0.3, -0.25) is 4.79 Å². The zero-order valence-corrected chi connectivity index (χ0v) is 15.9. The number of amides is 1. The second kappa shape index (κ2) is 8.45. The number of hydrogen-bond acceptors (Lipinski definition) is 4. The second-order valence-electron chi connectivity index (χ2n) is 6.76. The Morgan fingerprint density at radius 3 is 2.44 bits per heavy atom. The topological polar surface area (TPSA) is 66.9 Å². The molecule has 0 radical (unpaired) electrons. The van der Waals surface area contributed by atoms with Crippen molar-refractivity contribution in [3.8, 4) is 0 Å². The van der Waals surface area contributed by atoms with E-state index in [1.54, 1.807) is 6.20 Å². The van der Waals surface area contributed by atoms with E-state index in [9.17, 15) is 4.79 Å². The maximum atomic E-state index is 12.5. The van der Waals surface area contributed by atoms with E-state index in [4.69, 9.17) is 0 Å². The predicted octanol–water partition coefficient (Wildman–Crippen LogP) is 4.77. The molecule has 2 aromatic carbocycles. The first-order valence-corrected chi connectivity index (χ1v) is 9.05. The smallest absolute Gasteiger partial charge is 0.275 e. The van der Waals surface area contributed by atoms with Crippen LogP contribution in [0, 0.1) is 6.92 Å². The Bertz CT molecular complexity index is 920. The molecule has 27 heavy (non-hydrogen) atoms. The molecule has 1 aromatic heterocycles. The normalized spacial score (nSPS) is 10.7. The molecule has 0 fully saturated rings. The summed E-state index contributed by atoms with van der Waals surface area (Å²) in [6.07, 6.45) is 3.08. The Kier molecular flexibility index (Phi) is 5.81. The highest BCUT2D eigenvalue weighted by molar-refractivity contribution is 6.03. The first kappa shape index (κ1) is 18.6. The number of carbonyl (C=O) groups is 1. The van der Waals surface area contributed by atoms with Crippen molar-refractivity contribution in [2.24, 2.45) is 0 Å². The summed E-state index contributed by atoms with van der Waals surface area (Å²) in [4.78, 5) is 21.0. The van der Waals surface area contributed by atoms with Crippen molar-refractivity contribution in [1.29, 1.82) is 0 Å². The van der Waals surface area contributed by atoms with E-state index in [1.807, 2.05) is 36.4 Å². The number of nitrogens with one attached hydrogen (secondary N) is 2. The highest BCUT2D eigenvalue weighted by Gasteiger charge is 2.12. The Morgan fingerprint density at radius 1 is 1.00 bits per heavy atom. The molecule has 0 bridgehead atoms. The number of carbonyl (C=O) groups excluding carboxylic acids is 1. The predicted molar refractivity (Wildman–Crippen MR) is 109 cm³/mol. The number of aryl methyl sites for hydroxylation is 1. The van der Waals surface area contributed by atoms with Gasteiger partial charge in [-0.05, 0) is 35.6 Å². The monoisotopic (exact) mass is 360 g/mol. The standard InChI is InChI=1S/C22H24N4O/c1-15(2)18-10-6-7-11-19(18)26-22(27)20-13-25-21(14-23-20)24-12-17-9-5-4-8-16(17)3/h4-11,13-15H,12H2,1-3H3,(H,24,25)(H,26,27). The molecular weight excluding hydrogens is 336 g/mol. The molecule has 5 heteroatoms. The fourth-order valence-electron chi connectivity index (χ4n) is 2.83. The van der Waals surface area contributed by atoms with Crippen molar-refractivity contribution in [1.82, 2.24) is 9.97 Å². The molecule has 0 aliphatic carbocycles. The van der Waals surface area contributed by atoms with Crippen LogP contribution in [0.4, 0.5) is 11.5 Å². The minimum Gasteiger partial charge on any atom is -0.365 e. The highest BCUT2D eigenvalue weighted by Crippen LogP contribution is 2.24. The van der Waals surface area contributed by atoms with E-state index >= 15 is 0 Å². The van der Waals surface area contributed by atoms with Crippen LogP contribution in [0.15, 0.2) is 60.9 Å². The fourth-order valence-corrected chi connectivity index (χ4v) is 2.83. The summed E-state index contributed by atoms with van der Waals surface area (Å²) in [6.45, 7) is 6.93. The number of rotatable bonds is 6. The summed E-state index contributed by atoms with van der Waals surface area (Å²) in [6, 6.07) is 16.0. The summed E-state index contributed by atoms with van der Waals surface area (Å²) in [5.41, 5.74) is 4.61. The van der Waals surface area contributed by atoms with E-state index < -0.39 is 0 Å². The van der Waals surface area contributed by atoms with Gasteiger partial charge in [-0.2, -0.15) is 0 Å². The third-order valence-corrected chi connectivity index (χ3v) is 4.44. The molecule has 0 aliphatic rings. The van der Waals surface area contributed by atoms with Crippen molar-refractivity contribution < 1.29 is 4.79 Å². The molecule has 138 valence electrons. The Morgan fingerprint density at radius 2 is 1.74 bits per heavy atom. The molecule has 2 N–H and O–H groups in total. The molecular formula is C22H24N4O. The fraction of sp³-hybridized carbons (Fsp3) is 0.227. The number of aromatic nitrogens is 2. The van der Waals surface area contributed by atoms with Crippen LogP contribution in [0.25, 0.3) is 0 Å². The molecule has 0 saturated heterocycles. The van der Waals surface area contributed by atoms with Crippen molar-refractivity contribution >= 4 is 17.4 Å². The van der Waals surface area contributed by atoms with Gasteiger partial charge >= 0.3 is 0 Å². The lowest BCUT2D eigenvalue weighted by Crippen LogP contribution is -2.16. The molecule has 5 nitrogen and oxygen atoms in total. The molecule has 3 aromatic rings. The van der Waals surface area contributed by atoms with Crippen molar-refractivity contribution in [2.75, 3.05) is 10.6 Å². The molecule has 0 spiro atoms. The van der Waals surface area contributed by atoms with Gasteiger partial charge in [0.1, 0.15) is 11.5 Å². The third kappa shape index (κ3) is 4.70. The largest absolute Gasteiger partial charge is 0.365 e. The van der Waals surface area contributed by atoms with Crippen molar-refractivity contribution in [3.63, 3.8) is 0 Å².